The van der Waals surface area contributed by atoms with Gasteiger partial charge >= 0.3 is 0 Å². The second-order valence-electron chi connectivity index (χ2n) is 4.82. The molecule has 0 aliphatic carbocycles. The van der Waals surface area contributed by atoms with E-state index in [9.17, 15) is 4.39 Å². The van der Waals surface area contributed by atoms with Gasteiger partial charge < -0.3 is 0 Å². The summed E-state index contributed by atoms with van der Waals surface area (Å²) in [5.41, 5.74) is 3.95. The van der Waals surface area contributed by atoms with Crippen molar-refractivity contribution in [1.82, 2.24) is 9.97 Å². The van der Waals surface area contributed by atoms with E-state index in [1.807, 2.05) is 24.3 Å². The molecule has 0 spiro atoms. The van der Waals surface area contributed by atoms with Gasteiger partial charge in [-0.05, 0) is 23.3 Å². The van der Waals surface area contributed by atoms with Crippen LogP contribution in [0, 0.1) is 11.3 Å². The van der Waals surface area contributed by atoms with E-state index in [1.165, 1.54) is 0 Å². The third-order valence-corrected chi connectivity index (χ3v) is 3.37. The summed E-state index contributed by atoms with van der Waals surface area (Å²) < 4.78 is 12.5. The van der Waals surface area contributed by atoms with Gasteiger partial charge in [-0.15, -0.1) is 0 Å². The molecule has 0 amide bonds. The third-order valence-electron chi connectivity index (χ3n) is 3.37. The number of hydrogen-bond acceptors (Lipinski definition) is 3. The molecule has 1 heterocycles. The smallest absolute Gasteiger partial charge is 0.159 e. The molecule has 0 saturated heterocycles. The summed E-state index contributed by atoms with van der Waals surface area (Å²) >= 11 is 0. The van der Waals surface area contributed by atoms with Gasteiger partial charge in [-0.2, -0.15) is 5.26 Å². The first kappa shape index (κ1) is 13.9. The van der Waals surface area contributed by atoms with Crippen LogP contribution in [0.5, 0.6) is 0 Å². The molecule has 0 atom stereocenters. The first-order valence-electron chi connectivity index (χ1n) is 6.78. The van der Waals surface area contributed by atoms with Crippen LogP contribution in [-0.4, -0.2) is 9.97 Å². The molecule has 3 nitrogen and oxygen atoms in total. The van der Waals surface area contributed by atoms with Crippen molar-refractivity contribution in [2.45, 2.75) is 6.67 Å². The maximum atomic E-state index is 12.5. The number of hydrogen-bond donors (Lipinski definition) is 0. The van der Waals surface area contributed by atoms with E-state index in [-0.39, 0.29) is 0 Å². The van der Waals surface area contributed by atoms with Crippen LogP contribution in [-0.2, 0) is 6.67 Å². The van der Waals surface area contributed by atoms with E-state index < -0.39 is 6.67 Å². The monoisotopic (exact) mass is 289 g/mol. The summed E-state index contributed by atoms with van der Waals surface area (Å²) in [6.07, 6.45) is 3.49. The predicted octanol–water partition coefficient (Wildman–Crippen LogP) is 4.15. The van der Waals surface area contributed by atoms with Gasteiger partial charge in [-0.1, -0.05) is 36.4 Å². The minimum atomic E-state index is -0.473. The van der Waals surface area contributed by atoms with Gasteiger partial charge in [0.1, 0.15) is 6.67 Å². The van der Waals surface area contributed by atoms with Crippen LogP contribution in [0.2, 0.25) is 0 Å². The summed E-state index contributed by atoms with van der Waals surface area (Å²) in [4.78, 5) is 8.71. The van der Waals surface area contributed by atoms with Crippen LogP contribution >= 0.6 is 0 Å². The Kier molecular flexibility index (Phi) is 3.88. The van der Waals surface area contributed by atoms with Crippen LogP contribution in [0.1, 0.15) is 11.1 Å². The Balaban J connectivity index is 1.86. The highest BCUT2D eigenvalue weighted by molar-refractivity contribution is 5.64. The summed E-state index contributed by atoms with van der Waals surface area (Å²) in [5, 5.41) is 8.80. The molecule has 0 saturated carbocycles. The van der Waals surface area contributed by atoms with Gasteiger partial charge in [0, 0.05) is 23.5 Å². The van der Waals surface area contributed by atoms with Crippen molar-refractivity contribution in [2.75, 3.05) is 0 Å². The average Bonchev–Trinajstić information content (AvgIpc) is 2.62. The zero-order valence-electron chi connectivity index (χ0n) is 11.7. The quantitative estimate of drug-likeness (QED) is 0.727. The molecule has 0 fully saturated rings. The van der Waals surface area contributed by atoms with Crippen LogP contribution in [0.4, 0.5) is 4.39 Å². The Morgan fingerprint density at radius 1 is 0.818 bits per heavy atom. The van der Waals surface area contributed by atoms with Gasteiger partial charge in [-0.3, -0.25) is 0 Å². The predicted molar refractivity (Wildman–Crippen MR) is 82.4 cm³/mol. The number of nitriles is 1. The lowest BCUT2D eigenvalue weighted by molar-refractivity contribution is 0.485. The fourth-order valence-electron chi connectivity index (χ4n) is 2.11. The Morgan fingerprint density at radius 2 is 1.41 bits per heavy atom. The standard InChI is InChI=1S/C18H12FN3/c19-9-13-1-7-16(8-2-13)18-21-11-17(12-22-18)15-5-3-14(10-20)4-6-15/h1-8,11-12H,9H2. The van der Waals surface area contributed by atoms with Gasteiger partial charge in [0.25, 0.3) is 0 Å². The topological polar surface area (TPSA) is 49.6 Å². The van der Waals surface area contributed by atoms with E-state index in [0.717, 1.165) is 16.7 Å². The Bertz CT molecular complexity index is 801. The minimum absolute atomic E-state index is 0.473. The molecule has 2 aromatic carbocycles. The second-order valence-corrected chi connectivity index (χ2v) is 4.82. The van der Waals surface area contributed by atoms with Crippen LogP contribution in [0.15, 0.2) is 60.9 Å². The van der Waals surface area contributed by atoms with Crippen molar-refractivity contribution in [1.29, 1.82) is 5.26 Å². The lowest BCUT2D eigenvalue weighted by Gasteiger charge is -2.04. The van der Waals surface area contributed by atoms with Crippen LogP contribution in [0.25, 0.3) is 22.5 Å². The van der Waals surface area contributed by atoms with Crippen molar-refractivity contribution in [2.24, 2.45) is 0 Å². The molecule has 0 N–H and O–H groups in total. The lowest BCUT2D eigenvalue weighted by atomic mass is 10.1. The van der Waals surface area contributed by atoms with Gasteiger partial charge in [0.2, 0.25) is 0 Å². The van der Waals surface area contributed by atoms with E-state index >= 15 is 0 Å². The maximum absolute atomic E-state index is 12.5. The zero-order chi connectivity index (χ0) is 15.4. The van der Waals surface area contributed by atoms with Gasteiger partial charge in [0.15, 0.2) is 5.82 Å². The molecule has 0 bridgehead atoms. The fraction of sp³-hybridized carbons (Fsp3) is 0.0556. The summed E-state index contributed by atoms with van der Waals surface area (Å²) in [5.74, 6) is 0.600. The molecular weight excluding hydrogens is 277 g/mol. The summed E-state index contributed by atoms with van der Waals surface area (Å²) in [6.45, 7) is -0.473. The lowest BCUT2D eigenvalue weighted by Crippen LogP contribution is -1.90. The molecule has 1 aromatic heterocycles. The fourth-order valence-corrected chi connectivity index (χ4v) is 2.11. The van der Waals surface area contributed by atoms with E-state index in [4.69, 9.17) is 5.26 Å². The van der Waals surface area contributed by atoms with Gasteiger partial charge in [0.05, 0.1) is 11.6 Å². The number of nitrogens with zero attached hydrogens (tertiary/aromatic N) is 3. The SMILES string of the molecule is N#Cc1ccc(-c2cnc(-c3ccc(CF)cc3)nc2)cc1. The first-order chi connectivity index (χ1) is 10.8. The first-order valence-corrected chi connectivity index (χ1v) is 6.78. The highest BCUT2D eigenvalue weighted by atomic mass is 19.1. The molecule has 4 heteroatoms. The highest BCUT2D eigenvalue weighted by Gasteiger charge is 2.04. The summed E-state index contributed by atoms with van der Waals surface area (Å²) in [7, 11) is 0. The van der Waals surface area contributed by atoms with Crippen molar-refractivity contribution in [3.8, 4) is 28.6 Å². The minimum Gasteiger partial charge on any atom is -0.246 e. The Hall–Kier alpha value is -3.06. The molecule has 22 heavy (non-hydrogen) atoms. The van der Waals surface area contributed by atoms with Crippen molar-refractivity contribution in [3.05, 3.63) is 72.1 Å². The van der Waals surface area contributed by atoms with Crippen molar-refractivity contribution >= 4 is 0 Å². The molecule has 3 rings (SSSR count). The third kappa shape index (κ3) is 2.84. The molecule has 0 aliphatic rings. The molecule has 3 aromatic rings. The second kappa shape index (κ2) is 6.15. The average molecular weight is 289 g/mol. The van der Waals surface area contributed by atoms with Crippen LogP contribution in [0.3, 0.4) is 0 Å². The Labute approximate surface area is 127 Å². The van der Waals surface area contributed by atoms with Crippen LogP contribution < -0.4 is 0 Å². The van der Waals surface area contributed by atoms with E-state index in [0.29, 0.717) is 17.0 Å². The highest BCUT2D eigenvalue weighted by Crippen LogP contribution is 2.21. The largest absolute Gasteiger partial charge is 0.246 e. The molecule has 0 radical (unpaired) electrons. The Morgan fingerprint density at radius 3 is 1.95 bits per heavy atom. The van der Waals surface area contributed by atoms with Crippen molar-refractivity contribution < 1.29 is 4.39 Å². The molecular formula is C18H12FN3. The number of benzene rings is 2. The zero-order valence-corrected chi connectivity index (χ0v) is 11.7. The number of alkyl halides is 1. The molecule has 106 valence electrons. The molecule has 0 unspecified atom stereocenters. The summed E-state index contributed by atoms with van der Waals surface area (Å²) in [6, 6.07) is 16.4. The van der Waals surface area contributed by atoms with Crippen molar-refractivity contribution in [3.63, 3.8) is 0 Å². The molecule has 0 aliphatic heterocycles. The van der Waals surface area contributed by atoms with E-state index in [2.05, 4.69) is 16.0 Å². The van der Waals surface area contributed by atoms with Gasteiger partial charge in [-0.25, -0.2) is 14.4 Å². The number of rotatable bonds is 3. The number of halogens is 1. The van der Waals surface area contributed by atoms with E-state index in [1.54, 1.807) is 36.7 Å². The normalized spacial score (nSPS) is 10.2. The number of aromatic nitrogens is 2. The maximum Gasteiger partial charge on any atom is 0.159 e.